The molecule has 4 atom stereocenters. The van der Waals surface area contributed by atoms with Crippen LogP contribution >= 0.6 is 0 Å². The number of hydrogen-bond donors (Lipinski definition) is 2. The summed E-state index contributed by atoms with van der Waals surface area (Å²) in [5.41, 5.74) is 0. The number of nitrogens with one attached hydrogen (secondary N) is 2. The third kappa shape index (κ3) is 5.11. The van der Waals surface area contributed by atoms with Crippen molar-refractivity contribution in [1.29, 1.82) is 0 Å². The van der Waals surface area contributed by atoms with Crippen LogP contribution in [0.2, 0.25) is 0 Å². The maximum Gasteiger partial charge on any atom is 0.234 e. The van der Waals surface area contributed by atoms with Crippen molar-refractivity contribution in [2.45, 2.75) is 75.5 Å². The van der Waals surface area contributed by atoms with Crippen LogP contribution in [-0.2, 0) is 19.4 Å². The number of rotatable bonds is 6. The normalized spacial score (nSPS) is 34.1. The van der Waals surface area contributed by atoms with E-state index in [-0.39, 0.29) is 47.5 Å². The third-order valence-electron chi connectivity index (χ3n) is 7.16. The van der Waals surface area contributed by atoms with Gasteiger partial charge in [-0.3, -0.25) is 19.4 Å². The summed E-state index contributed by atoms with van der Waals surface area (Å²) < 4.78 is 25.5. The maximum absolute atomic E-state index is 12.7. The number of fused-ring (bicyclic) bond motifs is 2. The summed E-state index contributed by atoms with van der Waals surface area (Å²) in [7, 11) is -3.24. The monoisotopic (exact) mass is 426 g/mol. The summed E-state index contributed by atoms with van der Waals surface area (Å²) in [5.74, 6) is 0.177. The average molecular weight is 427 g/mol. The van der Waals surface area contributed by atoms with E-state index in [1.165, 1.54) is 0 Å². The van der Waals surface area contributed by atoms with Gasteiger partial charge in [0.15, 0.2) is 9.84 Å². The Bertz CT molecular complexity index is 674. The van der Waals surface area contributed by atoms with Gasteiger partial charge in [0.25, 0.3) is 0 Å². The Balaban J connectivity index is 1.30. The van der Waals surface area contributed by atoms with Crippen LogP contribution in [0.4, 0.5) is 0 Å². The molecule has 4 unspecified atom stereocenters. The van der Waals surface area contributed by atoms with Crippen molar-refractivity contribution in [2.75, 3.05) is 37.7 Å². The summed E-state index contributed by atoms with van der Waals surface area (Å²) in [4.78, 5) is 28.2. The van der Waals surface area contributed by atoms with E-state index in [9.17, 15) is 18.0 Å². The van der Waals surface area contributed by atoms with E-state index in [4.69, 9.17) is 0 Å². The zero-order chi connectivity index (χ0) is 20.4. The molecule has 2 saturated heterocycles. The molecule has 4 aliphatic rings. The molecule has 2 heterocycles. The highest BCUT2D eigenvalue weighted by Gasteiger charge is 2.38. The van der Waals surface area contributed by atoms with Crippen LogP contribution in [0.15, 0.2) is 0 Å². The molecule has 2 amide bonds. The lowest BCUT2D eigenvalue weighted by atomic mass is 9.87. The lowest BCUT2D eigenvalue weighted by Gasteiger charge is -2.44. The van der Waals surface area contributed by atoms with Gasteiger partial charge in [0.2, 0.25) is 11.8 Å². The second kappa shape index (κ2) is 8.89. The zero-order valence-corrected chi connectivity index (χ0v) is 18.0. The van der Waals surface area contributed by atoms with E-state index in [0.717, 1.165) is 51.4 Å². The molecule has 0 aromatic rings. The van der Waals surface area contributed by atoms with Gasteiger partial charge in [-0.15, -0.1) is 0 Å². The number of piperazine rings is 2. The van der Waals surface area contributed by atoms with Gasteiger partial charge in [-0.2, -0.15) is 0 Å². The van der Waals surface area contributed by atoms with Crippen molar-refractivity contribution in [1.82, 2.24) is 20.4 Å². The Kier molecular flexibility index (Phi) is 6.46. The van der Waals surface area contributed by atoms with Crippen molar-refractivity contribution >= 4 is 21.7 Å². The fourth-order valence-corrected chi connectivity index (χ4v) is 6.88. The van der Waals surface area contributed by atoms with Crippen LogP contribution in [0.25, 0.3) is 0 Å². The van der Waals surface area contributed by atoms with Crippen LogP contribution in [0, 0.1) is 0 Å². The first-order chi connectivity index (χ1) is 13.9. The SMILES string of the molecule is O=C1CN(CCS(=O)(=O)CCN2CC(=O)NC3CCCCC32)C2CCCCC2N1. The summed E-state index contributed by atoms with van der Waals surface area (Å²) in [6.45, 7) is 1.44. The van der Waals surface area contributed by atoms with E-state index in [2.05, 4.69) is 20.4 Å². The number of amides is 2. The quantitative estimate of drug-likeness (QED) is 0.615. The molecule has 0 aromatic carbocycles. The number of sulfone groups is 1. The Morgan fingerprint density at radius 3 is 1.59 bits per heavy atom. The van der Waals surface area contributed by atoms with Crippen LogP contribution in [0.3, 0.4) is 0 Å². The standard InChI is InChI=1S/C20H34N4O4S/c25-19-13-23(17-7-3-1-5-15(17)21-19)9-11-29(27,28)12-10-24-14-20(26)22-16-6-2-4-8-18(16)24/h15-18H,1-14H2,(H,21,25)(H,22,26). The Labute approximate surface area is 173 Å². The van der Waals surface area contributed by atoms with Crippen LogP contribution in [0.5, 0.6) is 0 Å². The number of carbonyl (C=O) groups is 2. The molecule has 0 radical (unpaired) electrons. The van der Waals surface area contributed by atoms with Crippen molar-refractivity contribution in [2.24, 2.45) is 0 Å². The van der Waals surface area contributed by atoms with Crippen LogP contribution in [0.1, 0.15) is 51.4 Å². The van der Waals surface area contributed by atoms with E-state index in [1.54, 1.807) is 0 Å². The molecule has 4 fully saturated rings. The maximum atomic E-state index is 12.7. The molecule has 8 nitrogen and oxygen atoms in total. The number of hydrogen-bond acceptors (Lipinski definition) is 6. The summed E-state index contributed by atoms with van der Waals surface area (Å²) in [6, 6.07) is 0.876. The van der Waals surface area contributed by atoms with Gasteiger partial charge < -0.3 is 10.6 Å². The van der Waals surface area contributed by atoms with Gasteiger partial charge in [-0.25, -0.2) is 8.42 Å². The molecule has 2 saturated carbocycles. The molecule has 164 valence electrons. The van der Waals surface area contributed by atoms with Gasteiger partial charge in [-0.05, 0) is 25.7 Å². The largest absolute Gasteiger partial charge is 0.351 e. The topological polar surface area (TPSA) is 98.8 Å². The van der Waals surface area contributed by atoms with Crippen LogP contribution in [-0.4, -0.2) is 91.9 Å². The Morgan fingerprint density at radius 2 is 1.14 bits per heavy atom. The first-order valence-corrected chi connectivity index (χ1v) is 13.0. The van der Waals surface area contributed by atoms with Crippen molar-refractivity contribution < 1.29 is 18.0 Å². The Hall–Kier alpha value is -1.19. The molecule has 29 heavy (non-hydrogen) atoms. The molecule has 0 spiro atoms. The van der Waals surface area contributed by atoms with Gasteiger partial charge in [0.1, 0.15) is 0 Å². The average Bonchev–Trinajstić information content (AvgIpc) is 2.70. The van der Waals surface area contributed by atoms with Crippen molar-refractivity contribution in [3.63, 3.8) is 0 Å². The fraction of sp³-hybridized carbons (Fsp3) is 0.900. The third-order valence-corrected chi connectivity index (χ3v) is 8.77. The summed E-state index contributed by atoms with van der Waals surface area (Å²) in [5, 5.41) is 6.14. The molecule has 0 aromatic heterocycles. The molecule has 4 rings (SSSR count). The van der Waals surface area contributed by atoms with Gasteiger partial charge in [0, 0.05) is 37.3 Å². The van der Waals surface area contributed by atoms with Crippen LogP contribution < -0.4 is 10.6 Å². The van der Waals surface area contributed by atoms with Gasteiger partial charge in [-0.1, -0.05) is 25.7 Å². The molecule has 2 aliphatic heterocycles. The number of nitrogens with zero attached hydrogens (tertiary/aromatic N) is 2. The fourth-order valence-electron chi connectivity index (χ4n) is 5.65. The second-order valence-electron chi connectivity index (χ2n) is 9.14. The highest BCUT2D eigenvalue weighted by Crippen LogP contribution is 2.27. The minimum atomic E-state index is -3.24. The minimum absolute atomic E-state index is 0.00761. The smallest absolute Gasteiger partial charge is 0.234 e. The van der Waals surface area contributed by atoms with Gasteiger partial charge in [0.05, 0.1) is 24.6 Å². The van der Waals surface area contributed by atoms with E-state index in [1.807, 2.05) is 0 Å². The molecule has 9 heteroatoms. The summed E-state index contributed by atoms with van der Waals surface area (Å²) in [6.07, 6.45) is 8.55. The minimum Gasteiger partial charge on any atom is -0.351 e. The molecule has 2 aliphatic carbocycles. The molecule has 0 bridgehead atoms. The lowest BCUT2D eigenvalue weighted by molar-refractivity contribution is -0.129. The molecule has 2 N–H and O–H groups in total. The van der Waals surface area contributed by atoms with E-state index < -0.39 is 9.84 Å². The first kappa shape index (κ1) is 21.1. The molecular weight excluding hydrogens is 392 g/mol. The van der Waals surface area contributed by atoms with Crippen molar-refractivity contribution in [3.8, 4) is 0 Å². The predicted molar refractivity (Wildman–Crippen MR) is 110 cm³/mol. The molecular formula is C20H34N4O4S. The van der Waals surface area contributed by atoms with Crippen molar-refractivity contribution in [3.05, 3.63) is 0 Å². The summed E-state index contributed by atoms with van der Waals surface area (Å²) >= 11 is 0. The highest BCUT2D eigenvalue weighted by molar-refractivity contribution is 7.91. The predicted octanol–water partition coefficient (Wildman–Crippen LogP) is -0.113. The van der Waals surface area contributed by atoms with Gasteiger partial charge >= 0.3 is 0 Å². The zero-order valence-electron chi connectivity index (χ0n) is 17.1. The Morgan fingerprint density at radius 1 is 0.724 bits per heavy atom. The lowest BCUT2D eigenvalue weighted by Crippen LogP contribution is -2.62. The highest BCUT2D eigenvalue weighted by atomic mass is 32.2. The van der Waals surface area contributed by atoms with E-state index >= 15 is 0 Å². The van der Waals surface area contributed by atoms with E-state index in [0.29, 0.717) is 26.2 Å². The number of carbonyl (C=O) groups excluding carboxylic acids is 2. The first-order valence-electron chi connectivity index (χ1n) is 11.2. The second-order valence-corrected chi connectivity index (χ2v) is 11.4.